The zero-order chi connectivity index (χ0) is 26.6. The lowest BCUT2D eigenvalue weighted by Crippen LogP contribution is -2.30. The van der Waals surface area contributed by atoms with Crippen molar-refractivity contribution < 1.29 is 32.4 Å². The van der Waals surface area contributed by atoms with Crippen LogP contribution in [0.25, 0.3) is 0 Å². The highest BCUT2D eigenvalue weighted by atomic mass is 35.5. The molecule has 0 saturated carbocycles. The molecule has 0 saturated heterocycles. The molecule has 0 aliphatic rings. The molecule has 1 amide bonds. The van der Waals surface area contributed by atoms with E-state index >= 15 is 0 Å². The summed E-state index contributed by atoms with van der Waals surface area (Å²) in [6, 6.07) is 9.24. The van der Waals surface area contributed by atoms with Gasteiger partial charge in [-0.05, 0) is 37.3 Å². The van der Waals surface area contributed by atoms with E-state index in [-0.39, 0.29) is 31.2 Å². The first-order valence-electron chi connectivity index (χ1n) is 9.82. The van der Waals surface area contributed by atoms with Crippen LogP contribution in [0, 0.1) is 10.1 Å². The van der Waals surface area contributed by atoms with Crippen LogP contribution in [-0.4, -0.2) is 27.9 Å². The Morgan fingerprint density at radius 3 is 2.47 bits per heavy atom. The molecule has 3 rings (SSSR count). The number of ether oxygens (including phenoxy) is 1. The van der Waals surface area contributed by atoms with Gasteiger partial charge in [-0.25, -0.2) is 9.78 Å². The molecule has 188 valence electrons. The molecule has 1 atom stereocenters. The summed E-state index contributed by atoms with van der Waals surface area (Å²) in [5.74, 6) is -1.69. The van der Waals surface area contributed by atoms with Crippen LogP contribution in [0.5, 0.6) is 0 Å². The van der Waals surface area contributed by atoms with Crippen LogP contribution in [0.15, 0.2) is 64.5 Å². The molecule has 1 aromatic heterocycles. The van der Waals surface area contributed by atoms with Crippen LogP contribution in [0.3, 0.4) is 0 Å². The van der Waals surface area contributed by atoms with Crippen molar-refractivity contribution in [3.05, 3.63) is 86.0 Å². The Bertz CT molecular complexity index is 1340. The third-order valence-corrected chi connectivity index (χ3v) is 6.15. The van der Waals surface area contributed by atoms with Gasteiger partial charge in [0.1, 0.15) is 0 Å². The summed E-state index contributed by atoms with van der Waals surface area (Å²) in [5.41, 5.74) is -2.02. The van der Waals surface area contributed by atoms with E-state index in [2.05, 4.69) is 10.3 Å². The smallest absolute Gasteiger partial charge is 0.416 e. The summed E-state index contributed by atoms with van der Waals surface area (Å²) < 4.78 is 44.2. The first-order valence-corrected chi connectivity index (χ1v) is 11.4. The Hall–Kier alpha value is -3.35. The lowest BCUT2D eigenvalue weighted by molar-refractivity contribution is -0.388. The molecule has 14 heteroatoms. The van der Waals surface area contributed by atoms with Gasteiger partial charge >= 0.3 is 12.1 Å². The number of nitrogens with one attached hydrogen (secondary N) is 1. The van der Waals surface area contributed by atoms with E-state index < -0.39 is 40.3 Å². The van der Waals surface area contributed by atoms with E-state index in [0.29, 0.717) is 23.9 Å². The first kappa shape index (κ1) is 27.2. The lowest BCUT2D eigenvalue weighted by Gasteiger charge is -2.15. The number of nitrogens with zero attached hydrogens (tertiary/aromatic N) is 2. The molecule has 0 fully saturated rings. The van der Waals surface area contributed by atoms with Crippen molar-refractivity contribution in [2.24, 2.45) is 0 Å². The van der Waals surface area contributed by atoms with Gasteiger partial charge in [0.05, 0.1) is 31.0 Å². The van der Waals surface area contributed by atoms with E-state index in [4.69, 9.17) is 27.9 Å². The average molecular weight is 560 g/mol. The molecule has 3 aromatic rings. The van der Waals surface area contributed by atoms with Crippen molar-refractivity contribution >= 4 is 58.3 Å². The van der Waals surface area contributed by atoms with Crippen molar-refractivity contribution in [3.63, 3.8) is 0 Å². The molecule has 1 heterocycles. The Kier molecular flexibility index (Phi) is 8.43. The summed E-state index contributed by atoms with van der Waals surface area (Å²) in [5, 5.41) is 14.1. The van der Waals surface area contributed by atoms with Gasteiger partial charge in [0.15, 0.2) is 11.9 Å². The standard InChI is InChI=1S/C22H14Cl2F3N3O5S/c1-11(20(31)29-19-15(24)9-13(23)10-28-19)35-21(32)14-4-2-3-5-17(14)36-18-7-6-12(22(25,26)27)8-16(18)30(33)34/h2-11H,1H3,(H,28,29,31)/t11-/m1/s1. The molecular formula is C22H14Cl2F3N3O5S. The van der Waals surface area contributed by atoms with Gasteiger partial charge in [0, 0.05) is 17.2 Å². The molecule has 0 bridgehead atoms. The van der Waals surface area contributed by atoms with Gasteiger partial charge in [-0.15, -0.1) is 0 Å². The Labute approximate surface area is 215 Å². The van der Waals surface area contributed by atoms with E-state index in [9.17, 15) is 32.9 Å². The molecule has 2 aromatic carbocycles. The molecule has 0 radical (unpaired) electrons. The van der Waals surface area contributed by atoms with Gasteiger partial charge < -0.3 is 10.1 Å². The zero-order valence-corrected chi connectivity index (χ0v) is 20.3. The van der Waals surface area contributed by atoms with Crippen molar-refractivity contribution in [2.45, 2.75) is 29.0 Å². The molecule has 0 unspecified atom stereocenters. The van der Waals surface area contributed by atoms with E-state index in [1.807, 2.05) is 0 Å². The van der Waals surface area contributed by atoms with Gasteiger partial charge in [0.2, 0.25) is 0 Å². The van der Waals surface area contributed by atoms with Gasteiger partial charge in [-0.1, -0.05) is 47.1 Å². The van der Waals surface area contributed by atoms with Crippen molar-refractivity contribution in [1.29, 1.82) is 0 Å². The second-order valence-corrected chi connectivity index (χ2v) is 8.98. The number of alkyl halides is 3. The van der Waals surface area contributed by atoms with Crippen LogP contribution in [-0.2, 0) is 15.7 Å². The number of pyridine rings is 1. The molecular weight excluding hydrogens is 546 g/mol. The maximum Gasteiger partial charge on any atom is 0.416 e. The van der Waals surface area contributed by atoms with Crippen LogP contribution < -0.4 is 5.32 Å². The zero-order valence-electron chi connectivity index (χ0n) is 18.0. The highest BCUT2D eigenvalue weighted by Gasteiger charge is 2.33. The Morgan fingerprint density at radius 2 is 1.83 bits per heavy atom. The summed E-state index contributed by atoms with van der Waals surface area (Å²) in [7, 11) is 0. The first-order chi connectivity index (χ1) is 16.9. The second kappa shape index (κ2) is 11.1. The minimum atomic E-state index is -4.77. The van der Waals surface area contributed by atoms with Gasteiger partial charge in [0.25, 0.3) is 11.6 Å². The highest BCUT2D eigenvalue weighted by Crippen LogP contribution is 2.40. The number of nitro benzene ring substituents is 1. The number of hydrogen-bond acceptors (Lipinski definition) is 7. The van der Waals surface area contributed by atoms with Crippen molar-refractivity contribution in [3.8, 4) is 0 Å². The van der Waals surface area contributed by atoms with E-state index in [0.717, 1.165) is 6.07 Å². The van der Waals surface area contributed by atoms with Crippen LogP contribution in [0.1, 0.15) is 22.8 Å². The normalized spacial score (nSPS) is 12.1. The highest BCUT2D eigenvalue weighted by molar-refractivity contribution is 7.99. The van der Waals surface area contributed by atoms with Crippen LogP contribution >= 0.6 is 35.0 Å². The third-order valence-electron chi connectivity index (χ3n) is 4.51. The van der Waals surface area contributed by atoms with Gasteiger partial charge in [-0.3, -0.25) is 14.9 Å². The minimum absolute atomic E-state index is 0.000431. The predicted octanol–water partition coefficient (Wildman–Crippen LogP) is 6.65. The Balaban J connectivity index is 1.80. The largest absolute Gasteiger partial charge is 0.449 e. The number of amides is 1. The summed E-state index contributed by atoms with van der Waals surface area (Å²) in [6.45, 7) is 1.30. The van der Waals surface area contributed by atoms with Gasteiger partial charge in [-0.2, -0.15) is 13.2 Å². The third kappa shape index (κ3) is 6.65. The number of carbonyl (C=O) groups excluding carboxylic acids is 2. The minimum Gasteiger partial charge on any atom is -0.449 e. The quantitative estimate of drug-likeness (QED) is 0.196. The Morgan fingerprint density at radius 1 is 1.14 bits per heavy atom. The molecule has 8 nitrogen and oxygen atoms in total. The van der Waals surface area contributed by atoms with E-state index in [1.54, 1.807) is 0 Å². The monoisotopic (exact) mass is 559 g/mol. The van der Waals surface area contributed by atoms with Crippen LogP contribution in [0.4, 0.5) is 24.7 Å². The fraction of sp³-hybridized carbons (Fsp3) is 0.136. The fourth-order valence-electron chi connectivity index (χ4n) is 2.77. The second-order valence-electron chi connectivity index (χ2n) is 7.06. The number of esters is 1. The number of rotatable bonds is 7. The SMILES string of the molecule is C[C@@H](OC(=O)c1ccccc1Sc1ccc(C(F)(F)F)cc1[N+](=O)[O-])C(=O)Nc1ncc(Cl)cc1Cl. The molecule has 0 aliphatic carbocycles. The number of carbonyl (C=O) groups is 2. The van der Waals surface area contributed by atoms with Crippen molar-refractivity contribution in [1.82, 2.24) is 4.98 Å². The summed E-state index contributed by atoms with van der Waals surface area (Å²) in [6.07, 6.45) is -4.81. The van der Waals surface area contributed by atoms with Crippen molar-refractivity contribution in [2.75, 3.05) is 5.32 Å². The summed E-state index contributed by atoms with van der Waals surface area (Å²) in [4.78, 5) is 39.6. The number of halogens is 5. The lowest BCUT2D eigenvalue weighted by atomic mass is 10.2. The number of nitro groups is 1. The molecule has 0 aliphatic heterocycles. The van der Waals surface area contributed by atoms with Crippen LogP contribution in [0.2, 0.25) is 10.0 Å². The summed E-state index contributed by atoms with van der Waals surface area (Å²) >= 11 is 12.4. The molecule has 36 heavy (non-hydrogen) atoms. The number of aromatic nitrogens is 1. The fourth-order valence-corrected chi connectivity index (χ4v) is 4.21. The maximum absolute atomic E-state index is 13.0. The predicted molar refractivity (Wildman–Crippen MR) is 126 cm³/mol. The average Bonchev–Trinajstić information content (AvgIpc) is 2.80. The van der Waals surface area contributed by atoms with E-state index in [1.165, 1.54) is 43.5 Å². The number of benzene rings is 2. The number of anilines is 1. The topological polar surface area (TPSA) is 111 Å². The maximum atomic E-state index is 13.0. The molecule has 0 spiro atoms. The molecule has 1 N–H and O–H groups in total. The number of hydrogen-bond donors (Lipinski definition) is 1.